The zero-order valence-corrected chi connectivity index (χ0v) is 11.9. The van der Waals surface area contributed by atoms with Crippen LogP contribution in [0.25, 0.3) is 0 Å². The van der Waals surface area contributed by atoms with E-state index < -0.39 is 10.0 Å². The molecule has 0 aliphatic rings. The first-order chi connectivity index (χ1) is 8.50. The number of hydrogen-bond acceptors (Lipinski definition) is 4. The van der Waals surface area contributed by atoms with Gasteiger partial charge in [0.05, 0.1) is 6.20 Å². The van der Waals surface area contributed by atoms with E-state index in [1.807, 2.05) is 0 Å². The van der Waals surface area contributed by atoms with Crippen LogP contribution >= 0.6 is 15.9 Å². The Labute approximate surface area is 113 Å². The van der Waals surface area contributed by atoms with E-state index in [1.54, 1.807) is 12.4 Å². The first-order valence-corrected chi connectivity index (χ1v) is 7.28. The van der Waals surface area contributed by atoms with E-state index >= 15 is 0 Å². The Morgan fingerprint density at radius 1 is 1.39 bits per heavy atom. The lowest BCUT2D eigenvalue weighted by Crippen LogP contribution is -2.26. The number of nitrogens with zero attached hydrogens (tertiary/aromatic N) is 3. The Bertz CT molecular complexity index is 627. The minimum atomic E-state index is -3.54. The standard InChI is InChI=1S/C10H11BrN4O2S/c1-15(7-8-3-13-14-4-8)18(16,17)10-2-9(11)5-12-6-10/h2-6H,7H2,1H3,(H,13,14). The van der Waals surface area contributed by atoms with Crippen LogP contribution in [0.15, 0.2) is 40.2 Å². The van der Waals surface area contributed by atoms with E-state index in [0.717, 1.165) is 5.56 Å². The van der Waals surface area contributed by atoms with Gasteiger partial charge in [-0.2, -0.15) is 9.40 Å². The van der Waals surface area contributed by atoms with Crippen LogP contribution in [0.5, 0.6) is 0 Å². The van der Waals surface area contributed by atoms with Gasteiger partial charge in [-0.1, -0.05) is 0 Å². The summed E-state index contributed by atoms with van der Waals surface area (Å²) in [7, 11) is -2.02. The molecule has 6 nitrogen and oxygen atoms in total. The smallest absolute Gasteiger partial charge is 0.244 e. The van der Waals surface area contributed by atoms with Gasteiger partial charge in [0, 0.05) is 42.2 Å². The van der Waals surface area contributed by atoms with Crippen molar-refractivity contribution in [3.05, 3.63) is 40.9 Å². The summed E-state index contributed by atoms with van der Waals surface area (Å²) in [6, 6.07) is 1.52. The second-order valence-electron chi connectivity index (χ2n) is 3.71. The largest absolute Gasteiger partial charge is 0.285 e. The number of hydrogen-bond donors (Lipinski definition) is 1. The molecule has 0 aliphatic carbocycles. The Kier molecular flexibility index (Phi) is 3.79. The molecule has 2 heterocycles. The highest BCUT2D eigenvalue weighted by molar-refractivity contribution is 9.10. The van der Waals surface area contributed by atoms with Crippen molar-refractivity contribution in [2.45, 2.75) is 11.4 Å². The van der Waals surface area contributed by atoms with Crippen molar-refractivity contribution in [3.63, 3.8) is 0 Å². The fourth-order valence-electron chi connectivity index (χ4n) is 1.42. The summed E-state index contributed by atoms with van der Waals surface area (Å²) in [5.41, 5.74) is 0.795. The van der Waals surface area contributed by atoms with Crippen LogP contribution in [0.1, 0.15) is 5.56 Å². The molecule has 0 spiro atoms. The van der Waals surface area contributed by atoms with Crippen LogP contribution < -0.4 is 0 Å². The quantitative estimate of drug-likeness (QED) is 0.918. The van der Waals surface area contributed by atoms with Crippen LogP contribution in [-0.4, -0.2) is 35.0 Å². The van der Waals surface area contributed by atoms with E-state index in [-0.39, 0.29) is 11.4 Å². The molecule has 8 heteroatoms. The number of H-pyrrole nitrogens is 1. The monoisotopic (exact) mass is 330 g/mol. The normalized spacial score (nSPS) is 11.9. The number of halogens is 1. The maximum atomic E-state index is 12.2. The second-order valence-corrected chi connectivity index (χ2v) is 6.67. The summed E-state index contributed by atoms with van der Waals surface area (Å²) in [6.45, 7) is 0.255. The molecule has 0 fully saturated rings. The van der Waals surface area contributed by atoms with Crippen LogP contribution in [0.4, 0.5) is 0 Å². The molecule has 2 aromatic heterocycles. The van der Waals surface area contributed by atoms with Gasteiger partial charge in [-0.05, 0) is 22.0 Å². The van der Waals surface area contributed by atoms with Gasteiger partial charge >= 0.3 is 0 Å². The van der Waals surface area contributed by atoms with Crippen molar-refractivity contribution < 1.29 is 8.42 Å². The highest BCUT2D eigenvalue weighted by Gasteiger charge is 2.21. The fourth-order valence-corrected chi connectivity index (χ4v) is 3.08. The van der Waals surface area contributed by atoms with Gasteiger partial charge in [0.25, 0.3) is 0 Å². The third-order valence-corrected chi connectivity index (χ3v) is 4.55. The Morgan fingerprint density at radius 3 is 2.78 bits per heavy atom. The predicted octanol–water partition coefficient (Wildman–Crippen LogP) is 1.39. The topological polar surface area (TPSA) is 79.0 Å². The fraction of sp³-hybridized carbons (Fsp3) is 0.200. The molecule has 96 valence electrons. The molecule has 0 saturated carbocycles. The Morgan fingerprint density at radius 2 is 2.17 bits per heavy atom. The number of aromatic nitrogens is 3. The molecule has 18 heavy (non-hydrogen) atoms. The lowest BCUT2D eigenvalue weighted by atomic mass is 10.4. The summed E-state index contributed by atoms with van der Waals surface area (Å²) >= 11 is 3.20. The first-order valence-electron chi connectivity index (χ1n) is 5.04. The average Bonchev–Trinajstić information content (AvgIpc) is 2.81. The maximum absolute atomic E-state index is 12.2. The summed E-state index contributed by atoms with van der Waals surface area (Å²) < 4.78 is 26.4. The van der Waals surface area contributed by atoms with E-state index in [2.05, 4.69) is 31.1 Å². The SMILES string of the molecule is CN(Cc1cn[nH]c1)S(=O)(=O)c1cncc(Br)c1. The van der Waals surface area contributed by atoms with Crippen LogP contribution in [-0.2, 0) is 16.6 Å². The van der Waals surface area contributed by atoms with Crippen molar-refractivity contribution in [3.8, 4) is 0 Å². The Hall–Kier alpha value is -1.25. The lowest BCUT2D eigenvalue weighted by molar-refractivity contribution is 0.466. The maximum Gasteiger partial charge on any atom is 0.244 e. The Balaban J connectivity index is 2.25. The van der Waals surface area contributed by atoms with Gasteiger partial charge in [-0.15, -0.1) is 0 Å². The van der Waals surface area contributed by atoms with Gasteiger partial charge in [-0.3, -0.25) is 10.1 Å². The molecule has 0 aromatic carbocycles. The van der Waals surface area contributed by atoms with E-state index in [1.165, 1.54) is 29.8 Å². The number of nitrogens with one attached hydrogen (secondary N) is 1. The number of pyridine rings is 1. The van der Waals surface area contributed by atoms with E-state index in [9.17, 15) is 8.42 Å². The zero-order chi connectivity index (χ0) is 13.2. The van der Waals surface area contributed by atoms with Gasteiger partial charge < -0.3 is 0 Å². The van der Waals surface area contributed by atoms with Crippen molar-refractivity contribution in [1.29, 1.82) is 0 Å². The molecular formula is C10H11BrN4O2S. The van der Waals surface area contributed by atoms with Crippen molar-refractivity contribution >= 4 is 26.0 Å². The first kappa shape index (κ1) is 13.2. The molecule has 2 aromatic rings. The van der Waals surface area contributed by atoms with Gasteiger partial charge in [0.1, 0.15) is 4.90 Å². The molecule has 0 amide bonds. The molecule has 0 radical (unpaired) electrons. The van der Waals surface area contributed by atoms with Crippen molar-refractivity contribution in [2.24, 2.45) is 0 Å². The third kappa shape index (κ3) is 2.77. The predicted molar refractivity (Wildman–Crippen MR) is 69.2 cm³/mol. The second kappa shape index (κ2) is 5.17. The van der Waals surface area contributed by atoms with Crippen molar-refractivity contribution in [2.75, 3.05) is 7.05 Å². The number of rotatable bonds is 4. The summed E-state index contributed by atoms with van der Waals surface area (Å²) in [5, 5.41) is 6.42. The van der Waals surface area contributed by atoms with Crippen LogP contribution in [0.3, 0.4) is 0 Å². The molecule has 0 atom stereocenters. The highest BCUT2D eigenvalue weighted by atomic mass is 79.9. The van der Waals surface area contributed by atoms with Gasteiger partial charge in [0.2, 0.25) is 10.0 Å². The highest BCUT2D eigenvalue weighted by Crippen LogP contribution is 2.18. The lowest BCUT2D eigenvalue weighted by Gasteiger charge is -2.16. The number of aromatic amines is 1. The molecule has 0 unspecified atom stereocenters. The van der Waals surface area contributed by atoms with Crippen LogP contribution in [0, 0.1) is 0 Å². The summed E-state index contributed by atoms with van der Waals surface area (Å²) in [6.07, 6.45) is 6.11. The molecule has 0 saturated heterocycles. The minimum absolute atomic E-state index is 0.155. The van der Waals surface area contributed by atoms with Gasteiger partial charge in [-0.25, -0.2) is 8.42 Å². The van der Waals surface area contributed by atoms with Gasteiger partial charge in [0.15, 0.2) is 0 Å². The summed E-state index contributed by atoms with van der Waals surface area (Å²) in [4.78, 5) is 4.01. The third-order valence-electron chi connectivity index (χ3n) is 2.35. The van der Waals surface area contributed by atoms with Crippen LogP contribution in [0.2, 0.25) is 0 Å². The van der Waals surface area contributed by atoms with E-state index in [0.29, 0.717) is 4.47 Å². The molecule has 0 aliphatic heterocycles. The summed E-state index contributed by atoms with van der Waals surface area (Å²) in [5.74, 6) is 0. The number of sulfonamides is 1. The molecule has 2 rings (SSSR count). The zero-order valence-electron chi connectivity index (χ0n) is 9.54. The molecule has 1 N–H and O–H groups in total. The average molecular weight is 331 g/mol. The molecular weight excluding hydrogens is 320 g/mol. The minimum Gasteiger partial charge on any atom is -0.285 e. The molecule has 0 bridgehead atoms. The van der Waals surface area contributed by atoms with E-state index in [4.69, 9.17) is 0 Å². The van der Waals surface area contributed by atoms with Crippen molar-refractivity contribution in [1.82, 2.24) is 19.5 Å².